The van der Waals surface area contributed by atoms with Gasteiger partial charge in [-0.05, 0) is 31.7 Å². The molecule has 1 fully saturated rings. The molecule has 4 heteroatoms. The topological polar surface area (TPSA) is 55.1 Å². The predicted molar refractivity (Wildman–Crippen MR) is 75.7 cm³/mol. The largest absolute Gasteiger partial charge is 0.366 e. The van der Waals surface area contributed by atoms with Gasteiger partial charge in [0.05, 0.1) is 5.56 Å². The van der Waals surface area contributed by atoms with Crippen molar-refractivity contribution in [2.45, 2.75) is 51.6 Å². The molecule has 1 aromatic heterocycles. The molecule has 0 bridgehead atoms. The van der Waals surface area contributed by atoms with Crippen molar-refractivity contribution in [3.63, 3.8) is 0 Å². The van der Waals surface area contributed by atoms with Crippen LogP contribution in [-0.4, -0.2) is 11.9 Å². The van der Waals surface area contributed by atoms with Crippen molar-refractivity contribution < 1.29 is 4.79 Å². The number of nitrogens with one attached hydrogen (secondary N) is 1. The maximum Gasteiger partial charge on any atom is 0.249 e. The van der Waals surface area contributed by atoms with Crippen molar-refractivity contribution in [3.8, 4) is 0 Å². The number of primary amides is 1. The summed E-state index contributed by atoms with van der Waals surface area (Å²) in [7, 11) is 0. The Bertz CT molecular complexity index is 396. The molecular formula is C14H22N2OS. The summed E-state index contributed by atoms with van der Waals surface area (Å²) >= 11 is 1.60. The van der Waals surface area contributed by atoms with E-state index in [2.05, 4.69) is 12.2 Å². The molecule has 1 aromatic rings. The average molecular weight is 266 g/mol. The Hall–Kier alpha value is -0.870. The van der Waals surface area contributed by atoms with Gasteiger partial charge >= 0.3 is 0 Å². The summed E-state index contributed by atoms with van der Waals surface area (Å²) in [4.78, 5) is 12.2. The van der Waals surface area contributed by atoms with E-state index in [9.17, 15) is 4.79 Å². The molecule has 0 aliphatic heterocycles. The number of hydrogen-bond acceptors (Lipinski definition) is 3. The molecule has 1 atom stereocenters. The lowest BCUT2D eigenvalue weighted by Crippen LogP contribution is -2.34. The first-order valence-corrected chi connectivity index (χ1v) is 7.65. The van der Waals surface area contributed by atoms with Crippen molar-refractivity contribution in [2.24, 2.45) is 11.7 Å². The summed E-state index contributed by atoms with van der Waals surface area (Å²) in [6.07, 6.45) is 6.86. The second-order valence-corrected chi connectivity index (χ2v) is 6.23. The first kappa shape index (κ1) is 13.6. The zero-order valence-electron chi connectivity index (χ0n) is 10.9. The number of rotatable bonds is 5. The molecule has 0 spiro atoms. The number of nitrogens with two attached hydrogens (primary N) is 1. The van der Waals surface area contributed by atoms with Gasteiger partial charge in [-0.15, -0.1) is 11.3 Å². The number of amides is 1. The lowest BCUT2D eigenvalue weighted by atomic mass is 9.84. The SMILES string of the molecule is C[C@H](NCc1cc(C(N)=O)cs1)C1CCCCC1. The van der Waals surface area contributed by atoms with Crippen LogP contribution in [0.1, 0.15) is 54.3 Å². The van der Waals surface area contributed by atoms with Gasteiger partial charge in [-0.25, -0.2) is 0 Å². The monoisotopic (exact) mass is 266 g/mol. The number of hydrogen-bond donors (Lipinski definition) is 2. The van der Waals surface area contributed by atoms with Crippen LogP contribution in [-0.2, 0) is 6.54 Å². The fraction of sp³-hybridized carbons (Fsp3) is 0.643. The van der Waals surface area contributed by atoms with Gasteiger partial charge in [0.25, 0.3) is 0 Å². The van der Waals surface area contributed by atoms with Crippen LogP contribution >= 0.6 is 11.3 Å². The van der Waals surface area contributed by atoms with Gasteiger partial charge in [-0.1, -0.05) is 19.3 Å². The van der Waals surface area contributed by atoms with E-state index in [4.69, 9.17) is 5.73 Å². The van der Waals surface area contributed by atoms with E-state index in [0.717, 1.165) is 12.5 Å². The molecular weight excluding hydrogens is 244 g/mol. The fourth-order valence-electron chi connectivity index (χ4n) is 2.66. The molecule has 2 rings (SSSR count). The van der Waals surface area contributed by atoms with Crippen LogP contribution in [0.2, 0.25) is 0 Å². The minimum atomic E-state index is -0.335. The summed E-state index contributed by atoms with van der Waals surface area (Å²) in [5.41, 5.74) is 5.87. The van der Waals surface area contributed by atoms with Crippen LogP contribution < -0.4 is 11.1 Å². The highest BCUT2D eigenvalue weighted by Gasteiger charge is 2.19. The Morgan fingerprint density at radius 3 is 2.83 bits per heavy atom. The third-order valence-corrected chi connectivity index (χ3v) is 4.83. The van der Waals surface area contributed by atoms with E-state index in [0.29, 0.717) is 11.6 Å². The zero-order valence-corrected chi connectivity index (χ0v) is 11.8. The minimum absolute atomic E-state index is 0.335. The standard InChI is InChI=1S/C14H22N2OS/c1-10(11-5-3-2-4-6-11)16-8-13-7-12(9-18-13)14(15)17/h7,9-11,16H,2-6,8H2,1H3,(H2,15,17)/t10-/m0/s1. The molecule has 1 saturated carbocycles. The van der Waals surface area contributed by atoms with Gasteiger partial charge in [0.2, 0.25) is 5.91 Å². The Morgan fingerprint density at radius 2 is 2.22 bits per heavy atom. The normalized spacial score (nSPS) is 18.7. The lowest BCUT2D eigenvalue weighted by Gasteiger charge is -2.28. The van der Waals surface area contributed by atoms with Crippen molar-refractivity contribution in [3.05, 3.63) is 21.9 Å². The van der Waals surface area contributed by atoms with Crippen molar-refractivity contribution in [1.82, 2.24) is 5.32 Å². The third kappa shape index (κ3) is 3.56. The van der Waals surface area contributed by atoms with Gasteiger partial charge in [0.1, 0.15) is 0 Å². The van der Waals surface area contributed by atoms with Crippen LogP contribution in [0.3, 0.4) is 0 Å². The molecule has 3 nitrogen and oxygen atoms in total. The van der Waals surface area contributed by atoms with E-state index in [1.165, 1.54) is 37.0 Å². The van der Waals surface area contributed by atoms with E-state index >= 15 is 0 Å². The molecule has 0 radical (unpaired) electrons. The molecule has 0 aromatic carbocycles. The van der Waals surface area contributed by atoms with Gasteiger partial charge in [-0.3, -0.25) is 4.79 Å². The molecule has 0 saturated heterocycles. The number of thiophene rings is 1. The Kier molecular flexibility index (Phi) is 4.78. The lowest BCUT2D eigenvalue weighted by molar-refractivity contribution is 0.100. The summed E-state index contributed by atoms with van der Waals surface area (Å²) in [6, 6.07) is 2.46. The van der Waals surface area contributed by atoms with Crippen LogP contribution in [0, 0.1) is 5.92 Å². The van der Waals surface area contributed by atoms with E-state index in [-0.39, 0.29) is 5.91 Å². The highest BCUT2D eigenvalue weighted by atomic mass is 32.1. The maximum atomic E-state index is 11.0. The summed E-state index contributed by atoms with van der Waals surface area (Å²) in [6.45, 7) is 3.12. The molecule has 100 valence electrons. The second kappa shape index (κ2) is 6.34. The Morgan fingerprint density at radius 1 is 1.50 bits per heavy atom. The van der Waals surface area contributed by atoms with Crippen LogP contribution in [0.15, 0.2) is 11.4 Å². The second-order valence-electron chi connectivity index (χ2n) is 5.23. The Labute approximate surface area is 113 Å². The zero-order chi connectivity index (χ0) is 13.0. The molecule has 3 N–H and O–H groups in total. The van der Waals surface area contributed by atoms with Crippen LogP contribution in [0.25, 0.3) is 0 Å². The van der Waals surface area contributed by atoms with E-state index in [1.54, 1.807) is 11.3 Å². The summed E-state index contributed by atoms with van der Waals surface area (Å²) in [5, 5.41) is 5.42. The first-order valence-electron chi connectivity index (χ1n) is 6.77. The highest BCUT2D eigenvalue weighted by molar-refractivity contribution is 7.10. The summed E-state index contributed by atoms with van der Waals surface area (Å²) < 4.78 is 0. The van der Waals surface area contributed by atoms with E-state index < -0.39 is 0 Å². The molecule has 18 heavy (non-hydrogen) atoms. The quantitative estimate of drug-likeness (QED) is 0.861. The third-order valence-electron chi connectivity index (χ3n) is 3.89. The molecule has 1 aliphatic rings. The Balaban J connectivity index is 1.80. The van der Waals surface area contributed by atoms with Crippen molar-refractivity contribution in [1.29, 1.82) is 0 Å². The smallest absolute Gasteiger partial charge is 0.249 e. The van der Waals surface area contributed by atoms with E-state index in [1.807, 2.05) is 11.4 Å². The fourth-order valence-corrected chi connectivity index (χ4v) is 3.49. The summed E-state index contributed by atoms with van der Waals surface area (Å²) in [5.74, 6) is 0.479. The van der Waals surface area contributed by atoms with Gasteiger partial charge in [0, 0.05) is 22.8 Å². The first-order chi connectivity index (χ1) is 8.66. The molecule has 0 unspecified atom stereocenters. The number of carbonyl (C=O) groups excluding carboxylic acids is 1. The number of carbonyl (C=O) groups is 1. The molecule has 1 heterocycles. The van der Waals surface area contributed by atoms with Gasteiger partial charge in [-0.2, -0.15) is 0 Å². The van der Waals surface area contributed by atoms with Crippen LogP contribution in [0.4, 0.5) is 0 Å². The highest BCUT2D eigenvalue weighted by Crippen LogP contribution is 2.26. The van der Waals surface area contributed by atoms with Gasteiger partial charge in [0.15, 0.2) is 0 Å². The van der Waals surface area contributed by atoms with Gasteiger partial charge < -0.3 is 11.1 Å². The minimum Gasteiger partial charge on any atom is -0.366 e. The van der Waals surface area contributed by atoms with Crippen LogP contribution in [0.5, 0.6) is 0 Å². The maximum absolute atomic E-state index is 11.0. The van der Waals surface area contributed by atoms with Crippen molar-refractivity contribution in [2.75, 3.05) is 0 Å². The predicted octanol–water partition coefficient (Wildman–Crippen LogP) is 2.91. The molecule has 1 aliphatic carbocycles. The molecule has 1 amide bonds. The van der Waals surface area contributed by atoms with Crippen molar-refractivity contribution >= 4 is 17.2 Å². The average Bonchev–Trinajstić information content (AvgIpc) is 2.86.